The van der Waals surface area contributed by atoms with Crippen LogP contribution in [-0.2, 0) is 16.4 Å². The monoisotopic (exact) mass is 291 g/mol. The first-order chi connectivity index (χ1) is 8.52. The van der Waals surface area contributed by atoms with Gasteiger partial charge in [0.1, 0.15) is 5.76 Å². The van der Waals surface area contributed by atoms with Gasteiger partial charge in [0.05, 0.1) is 18.1 Å². The van der Waals surface area contributed by atoms with Crippen molar-refractivity contribution in [1.29, 1.82) is 0 Å². The Morgan fingerprint density at radius 1 is 1.61 bits per heavy atom. The van der Waals surface area contributed by atoms with Gasteiger partial charge in [-0.2, -0.15) is 0 Å². The van der Waals surface area contributed by atoms with Crippen molar-refractivity contribution in [2.45, 2.75) is 32.2 Å². The molecule has 2 unspecified atom stereocenters. The highest BCUT2D eigenvalue weighted by molar-refractivity contribution is 7.89. The molecular formula is C12H18ClNO3S. The summed E-state index contributed by atoms with van der Waals surface area (Å²) >= 11 is 5.66. The summed E-state index contributed by atoms with van der Waals surface area (Å²) in [6, 6.07) is 1.70. The molecule has 1 aliphatic rings. The molecule has 0 amide bonds. The van der Waals surface area contributed by atoms with Crippen molar-refractivity contribution >= 4 is 21.6 Å². The number of fused-ring (bicyclic) bond motifs is 1. The molecule has 6 heteroatoms. The summed E-state index contributed by atoms with van der Waals surface area (Å²) in [4.78, 5) is 0. The van der Waals surface area contributed by atoms with E-state index in [4.69, 9.17) is 16.0 Å². The molecule has 0 fully saturated rings. The first kappa shape index (κ1) is 13.9. The van der Waals surface area contributed by atoms with E-state index in [1.54, 1.807) is 6.26 Å². The molecule has 1 heterocycles. The van der Waals surface area contributed by atoms with Crippen LogP contribution in [0.5, 0.6) is 0 Å². The summed E-state index contributed by atoms with van der Waals surface area (Å²) < 4.78 is 32.1. The highest BCUT2D eigenvalue weighted by Gasteiger charge is 2.27. The topological polar surface area (TPSA) is 59.3 Å². The standard InChI is InChI=1S/C12H18ClNO3S/c1-9(7-13)8-18(15,16)14-11-3-2-4-12-10(11)5-6-17-12/h5-6,9,11,14H,2-4,7-8H2,1H3. The second-order valence-corrected chi connectivity index (χ2v) is 7.01. The molecular weight excluding hydrogens is 274 g/mol. The average Bonchev–Trinajstić information content (AvgIpc) is 2.77. The van der Waals surface area contributed by atoms with E-state index in [1.807, 2.05) is 13.0 Å². The largest absolute Gasteiger partial charge is 0.469 e. The van der Waals surface area contributed by atoms with Gasteiger partial charge in [0.15, 0.2) is 0 Å². The number of furan rings is 1. The molecule has 1 aromatic heterocycles. The predicted octanol–water partition coefficient (Wildman–Crippen LogP) is 2.45. The second kappa shape index (κ2) is 5.63. The van der Waals surface area contributed by atoms with E-state index in [1.165, 1.54) is 0 Å². The SMILES string of the molecule is CC(CCl)CS(=O)(=O)NC1CCCc2occc21. The third kappa shape index (κ3) is 3.28. The Balaban J connectivity index is 2.07. The average molecular weight is 292 g/mol. The summed E-state index contributed by atoms with van der Waals surface area (Å²) in [5, 5.41) is 0. The highest BCUT2D eigenvalue weighted by Crippen LogP contribution is 2.31. The van der Waals surface area contributed by atoms with Gasteiger partial charge in [0, 0.05) is 17.9 Å². The summed E-state index contributed by atoms with van der Waals surface area (Å²) in [7, 11) is -3.29. The van der Waals surface area contributed by atoms with E-state index in [9.17, 15) is 8.42 Å². The van der Waals surface area contributed by atoms with Gasteiger partial charge in [-0.1, -0.05) is 6.92 Å². The molecule has 4 nitrogen and oxygen atoms in total. The Labute approximate surface area is 113 Å². The van der Waals surface area contributed by atoms with Gasteiger partial charge in [0.2, 0.25) is 10.0 Å². The Hall–Kier alpha value is -0.520. The molecule has 102 valence electrons. The van der Waals surface area contributed by atoms with Crippen molar-refractivity contribution in [2.24, 2.45) is 5.92 Å². The number of alkyl halides is 1. The molecule has 1 N–H and O–H groups in total. The van der Waals surface area contributed by atoms with Gasteiger partial charge in [-0.3, -0.25) is 0 Å². The van der Waals surface area contributed by atoms with Gasteiger partial charge in [-0.05, 0) is 24.8 Å². The van der Waals surface area contributed by atoms with Gasteiger partial charge in [-0.25, -0.2) is 13.1 Å². The molecule has 1 aliphatic carbocycles. The Morgan fingerprint density at radius 3 is 3.11 bits per heavy atom. The second-order valence-electron chi connectivity index (χ2n) is 4.90. The minimum atomic E-state index is -3.29. The summed E-state index contributed by atoms with van der Waals surface area (Å²) in [5.41, 5.74) is 0.975. The van der Waals surface area contributed by atoms with Gasteiger partial charge >= 0.3 is 0 Å². The fourth-order valence-corrected chi connectivity index (χ4v) is 4.17. The number of halogens is 1. The van der Waals surface area contributed by atoms with E-state index in [0.29, 0.717) is 5.88 Å². The number of rotatable bonds is 5. The van der Waals surface area contributed by atoms with Crippen LogP contribution >= 0.6 is 11.6 Å². The van der Waals surface area contributed by atoms with Crippen molar-refractivity contribution < 1.29 is 12.8 Å². The highest BCUT2D eigenvalue weighted by atomic mass is 35.5. The Bertz CT molecular complexity index is 497. The van der Waals surface area contributed by atoms with Crippen molar-refractivity contribution in [2.75, 3.05) is 11.6 Å². The van der Waals surface area contributed by atoms with Crippen LogP contribution in [0, 0.1) is 5.92 Å². The smallest absolute Gasteiger partial charge is 0.212 e. The number of nitrogens with one attached hydrogen (secondary N) is 1. The van der Waals surface area contributed by atoms with Crippen LogP contribution < -0.4 is 4.72 Å². The lowest BCUT2D eigenvalue weighted by Gasteiger charge is -2.23. The fourth-order valence-electron chi connectivity index (χ4n) is 2.29. The lowest BCUT2D eigenvalue weighted by Crippen LogP contribution is -2.34. The maximum atomic E-state index is 12.0. The molecule has 0 bridgehead atoms. The van der Waals surface area contributed by atoms with Crippen molar-refractivity contribution in [3.8, 4) is 0 Å². The maximum absolute atomic E-state index is 12.0. The first-order valence-corrected chi connectivity index (χ1v) is 8.33. The van der Waals surface area contributed by atoms with E-state index in [2.05, 4.69) is 4.72 Å². The molecule has 0 radical (unpaired) electrons. The molecule has 0 aromatic carbocycles. The number of sulfonamides is 1. The van der Waals surface area contributed by atoms with Crippen molar-refractivity contribution in [1.82, 2.24) is 4.72 Å². The van der Waals surface area contributed by atoms with Crippen LogP contribution in [0.15, 0.2) is 16.7 Å². The van der Waals surface area contributed by atoms with Crippen LogP contribution in [0.4, 0.5) is 0 Å². The van der Waals surface area contributed by atoms with Crippen LogP contribution in [0.3, 0.4) is 0 Å². The predicted molar refractivity (Wildman–Crippen MR) is 71.2 cm³/mol. The zero-order valence-corrected chi connectivity index (χ0v) is 11.9. The van der Waals surface area contributed by atoms with E-state index >= 15 is 0 Å². The van der Waals surface area contributed by atoms with E-state index in [-0.39, 0.29) is 17.7 Å². The number of aryl methyl sites for hydroxylation is 1. The summed E-state index contributed by atoms with van der Waals surface area (Å²) in [5.74, 6) is 1.28. The summed E-state index contributed by atoms with van der Waals surface area (Å²) in [6.45, 7) is 1.83. The van der Waals surface area contributed by atoms with Crippen molar-refractivity contribution in [3.05, 3.63) is 23.7 Å². The Morgan fingerprint density at radius 2 is 2.39 bits per heavy atom. The zero-order valence-electron chi connectivity index (χ0n) is 10.4. The first-order valence-electron chi connectivity index (χ1n) is 6.14. The fraction of sp³-hybridized carbons (Fsp3) is 0.667. The van der Waals surface area contributed by atoms with E-state index in [0.717, 1.165) is 30.6 Å². The molecule has 2 rings (SSSR count). The van der Waals surface area contributed by atoms with Crippen molar-refractivity contribution in [3.63, 3.8) is 0 Å². The number of hydrogen-bond donors (Lipinski definition) is 1. The molecule has 0 saturated heterocycles. The molecule has 0 aliphatic heterocycles. The third-order valence-corrected chi connectivity index (χ3v) is 5.32. The third-order valence-electron chi connectivity index (χ3n) is 3.14. The minimum absolute atomic E-state index is 0.0448. The summed E-state index contributed by atoms with van der Waals surface area (Å²) in [6.07, 6.45) is 4.27. The lowest BCUT2D eigenvalue weighted by atomic mass is 9.94. The molecule has 2 atom stereocenters. The minimum Gasteiger partial charge on any atom is -0.469 e. The molecule has 0 saturated carbocycles. The Kier molecular flexibility index (Phi) is 4.35. The van der Waals surface area contributed by atoms with Gasteiger partial charge < -0.3 is 4.42 Å². The van der Waals surface area contributed by atoms with E-state index < -0.39 is 10.0 Å². The maximum Gasteiger partial charge on any atom is 0.212 e. The molecule has 18 heavy (non-hydrogen) atoms. The van der Waals surface area contributed by atoms with Crippen LogP contribution in [-0.4, -0.2) is 20.1 Å². The zero-order chi connectivity index (χ0) is 13.2. The molecule has 1 aromatic rings. The van der Waals surface area contributed by atoms with Gasteiger partial charge in [0.25, 0.3) is 0 Å². The van der Waals surface area contributed by atoms with Gasteiger partial charge in [-0.15, -0.1) is 11.6 Å². The quantitative estimate of drug-likeness (QED) is 0.848. The van der Waals surface area contributed by atoms with Crippen LogP contribution in [0.2, 0.25) is 0 Å². The number of hydrogen-bond acceptors (Lipinski definition) is 3. The van der Waals surface area contributed by atoms with Crippen LogP contribution in [0.25, 0.3) is 0 Å². The lowest BCUT2D eigenvalue weighted by molar-refractivity contribution is 0.437. The normalized spacial score (nSPS) is 21.6. The molecule has 0 spiro atoms. The van der Waals surface area contributed by atoms with Crippen LogP contribution in [0.1, 0.15) is 37.1 Å².